The van der Waals surface area contributed by atoms with Crippen molar-refractivity contribution in [2.24, 2.45) is 0 Å². The summed E-state index contributed by atoms with van der Waals surface area (Å²) >= 11 is 0. The lowest BCUT2D eigenvalue weighted by molar-refractivity contribution is -0.134. The van der Waals surface area contributed by atoms with Crippen LogP contribution in [0.15, 0.2) is 0 Å². The number of unbranched alkanes of at least 4 members (excludes halogenated alkanes) is 1. The Balaban J connectivity index is 3.56. The van der Waals surface area contributed by atoms with Crippen LogP contribution < -0.4 is 0 Å². The van der Waals surface area contributed by atoms with Crippen LogP contribution in [0.3, 0.4) is 0 Å². The van der Waals surface area contributed by atoms with E-state index < -0.39 is 31.1 Å². The minimum Gasteiger partial charge on any atom is -0.299 e. The van der Waals surface area contributed by atoms with Crippen LogP contribution in [0, 0.1) is 0 Å². The predicted octanol–water partition coefficient (Wildman–Crippen LogP) is 1.92. The second-order valence-electron chi connectivity index (χ2n) is 2.63. The second kappa shape index (κ2) is 6.62. The van der Waals surface area contributed by atoms with Crippen LogP contribution in [0.2, 0.25) is 0 Å². The molecule has 0 aliphatic heterocycles. The van der Waals surface area contributed by atoms with Gasteiger partial charge in [-0.2, -0.15) is 0 Å². The minimum absolute atomic E-state index is 0.00236. The number of ketones is 2. The highest BCUT2D eigenvalue weighted by molar-refractivity contribution is 6.00. The van der Waals surface area contributed by atoms with E-state index >= 15 is 0 Å². The third-order valence-corrected chi connectivity index (χ3v) is 1.45. The predicted molar refractivity (Wildman–Crippen MR) is 40.5 cm³/mol. The summed E-state index contributed by atoms with van der Waals surface area (Å²) in [7, 11) is 0. The van der Waals surface area contributed by atoms with Crippen molar-refractivity contribution in [3.63, 3.8) is 0 Å². The molecule has 0 N–H and O–H groups in total. The Morgan fingerprint density at radius 3 is 2.23 bits per heavy atom. The van der Waals surface area contributed by atoms with Gasteiger partial charge in [0.25, 0.3) is 6.43 Å². The molecule has 0 heterocycles. The summed E-state index contributed by atoms with van der Waals surface area (Å²) in [4.78, 5) is 21.1. The van der Waals surface area contributed by atoms with E-state index in [-0.39, 0.29) is 12.8 Å². The van der Waals surface area contributed by atoms with E-state index in [0.717, 1.165) is 0 Å². The molecule has 0 aromatic heterocycles. The molecule has 0 aliphatic carbocycles. The lowest BCUT2D eigenvalue weighted by Crippen LogP contribution is -2.15. The fourth-order valence-corrected chi connectivity index (χ4v) is 0.777. The molecule has 0 radical (unpaired) electrons. The van der Waals surface area contributed by atoms with Gasteiger partial charge in [-0.1, -0.05) is 0 Å². The molecule has 0 aliphatic rings. The van der Waals surface area contributed by atoms with Crippen LogP contribution in [-0.4, -0.2) is 24.7 Å². The smallest absolute Gasteiger partial charge is 0.296 e. The van der Waals surface area contributed by atoms with Crippen molar-refractivity contribution in [3.05, 3.63) is 0 Å². The average molecular weight is 196 g/mol. The fourth-order valence-electron chi connectivity index (χ4n) is 0.777. The standard InChI is InChI=1S/C8H11F3O2/c9-4-2-1-3-6(12)5-7(13)8(10)11/h8H,1-5H2. The molecule has 0 bridgehead atoms. The van der Waals surface area contributed by atoms with E-state index in [1.165, 1.54) is 0 Å². The monoisotopic (exact) mass is 196 g/mol. The van der Waals surface area contributed by atoms with E-state index in [0.29, 0.717) is 6.42 Å². The van der Waals surface area contributed by atoms with Gasteiger partial charge >= 0.3 is 0 Å². The van der Waals surface area contributed by atoms with Gasteiger partial charge < -0.3 is 0 Å². The summed E-state index contributed by atoms with van der Waals surface area (Å²) in [5.41, 5.74) is 0. The molecule has 76 valence electrons. The Kier molecular flexibility index (Phi) is 6.18. The largest absolute Gasteiger partial charge is 0.299 e. The van der Waals surface area contributed by atoms with Crippen molar-refractivity contribution in [2.75, 3.05) is 6.67 Å². The summed E-state index contributed by atoms with van der Waals surface area (Å²) in [5, 5.41) is 0. The number of carbonyl (C=O) groups excluding carboxylic acids is 2. The van der Waals surface area contributed by atoms with E-state index in [1.807, 2.05) is 0 Å². The van der Waals surface area contributed by atoms with Crippen LogP contribution in [0.5, 0.6) is 0 Å². The topological polar surface area (TPSA) is 34.1 Å². The number of halogens is 3. The molecule has 0 spiro atoms. The molecule has 0 saturated carbocycles. The van der Waals surface area contributed by atoms with Crippen molar-refractivity contribution in [1.29, 1.82) is 0 Å². The molecule has 0 saturated heterocycles. The van der Waals surface area contributed by atoms with Crippen LogP contribution in [0.1, 0.15) is 25.7 Å². The lowest BCUT2D eigenvalue weighted by Gasteiger charge is -1.98. The Morgan fingerprint density at radius 2 is 1.77 bits per heavy atom. The number of Topliss-reactive ketones (excluding diaryl/α,β-unsaturated/α-hetero) is 2. The van der Waals surface area contributed by atoms with E-state index in [1.54, 1.807) is 0 Å². The molecular formula is C8H11F3O2. The third kappa shape index (κ3) is 6.31. The zero-order valence-electron chi connectivity index (χ0n) is 7.06. The summed E-state index contributed by atoms with van der Waals surface area (Å²) in [6.45, 7) is -0.532. The van der Waals surface area contributed by atoms with Gasteiger partial charge in [0.15, 0.2) is 0 Å². The number of carbonyl (C=O) groups is 2. The van der Waals surface area contributed by atoms with Crippen molar-refractivity contribution < 1.29 is 22.8 Å². The van der Waals surface area contributed by atoms with Crippen molar-refractivity contribution >= 4 is 11.6 Å². The van der Waals surface area contributed by atoms with Crippen LogP contribution in [0.4, 0.5) is 13.2 Å². The highest BCUT2D eigenvalue weighted by Crippen LogP contribution is 2.04. The van der Waals surface area contributed by atoms with Gasteiger partial charge in [-0.15, -0.1) is 0 Å². The number of hydrogen-bond acceptors (Lipinski definition) is 2. The molecule has 0 fully saturated rings. The van der Waals surface area contributed by atoms with Crippen LogP contribution in [0.25, 0.3) is 0 Å². The van der Waals surface area contributed by atoms with Crippen molar-refractivity contribution in [2.45, 2.75) is 32.1 Å². The van der Waals surface area contributed by atoms with Crippen LogP contribution >= 0.6 is 0 Å². The molecule has 5 heteroatoms. The second-order valence-corrected chi connectivity index (χ2v) is 2.63. The summed E-state index contributed by atoms with van der Waals surface area (Å²) < 4.78 is 34.8. The normalized spacial score (nSPS) is 10.5. The summed E-state index contributed by atoms with van der Waals surface area (Å²) in [5.74, 6) is -1.90. The van der Waals surface area contributed by atoms with Gasteiger partial charge in [-0.05, 0) is 12.8 Å². The third-order valence-electron chi connectivity index (χ3n) is 1.45. The quantitative estimate of drug-likeness (QED) is 0.460. The van der Waals surface area contributed by atoms with Crippen molar-refractivity contribution in [3.8, 4) is 0 Å². The van der Waals surface area contributed by atoms with Gasteiger partial charge in [0.05, 0.1) is 13.1 Å². The zero-order valence-corrected chi connectivity index (χ0v) is 7.06. The lowest BCUT2D eigenvalue weighted by atomic mass is 10.1. The average Bonchev–Trinajstić information content (AvgIpc) is 2.04. The zero-order chi connectivity index (χ0) is 10.3. The summed E-state index contributed by atoms with van der Waals surface area (Å²) in [6.07, 6.45) is -3.27. The molecule has 0 atom stereocenters. The van der Waals surface area contributed by atoms with Gasteiger partial charge in [-0.25, -0.2) is 8.78 Å². The minimum atomic E-state index is -3.08. The number of hydrogen-bond donors (Lipinski definition) is 0. The van der Waals surface area contributed by atoms with Crippen molar-refractivity contribution in [1.82, 2.24) is 0 Å². The molecule has 13 heavy (non-hydrogen) atoms. The Bertz CT molecular complexity index is 180. The Hall–Kier alpha value is -0.870. The maximum atomic E-state index is 11.6. The molecule has 0 unspecified atom stereocenters. The van der Waals surface area contributed by atoms with Gasteiger partial charge in [0.2, 0.25) is 5.78 Å². The maximum Gasteiger partial charge on any atom is 0.296 e. The van der Waals surface area contributed by atoms with E-state index in [9.17, 15) is 22.8 Å². The SMILES string of the molecule is O=C(CCCCF)CC(=O)C(F)F. The molecule has 0 amide bonds. The first kappa shape index (κ1) is 12.1. The highest BCUT2D eigenvalue weighted by atomic mass is 19.3. The van der Waals surface area contributed by atoms with Gasteiger partial charge in [0.1, 0.15) is 5.78 Å². The maximum absolute atomic E-state index is 11.6. The molecule has 0 aromatic rings. The van der Waals surface area contributed by atoms with Crippen LogP contribution in [-0.2, 0) is 9.59 Å². The number of rotatable bonds is 7. The first-order valence-corrected chi connectivity index (χ1v) is 3.96. The number of alkyl halides is 3. The van der Waals surface area contributed by atoms with E-state index in [2.05, 4.69) is 0 Å². The first-order valence-electron chi connectivity index (χ1n) is 3.96. The first-order chi connectivity index (χ1) is 6.07. The summed E-state index contributed by atoms with van der Waals surface area (Å²) in [6, 6.07) is 0. The Labute approximate surface area is 74.1 Å². The molecule has 0 aromatic carbocycles. The highest BCUT2D eigenvalue weighted by Gasteiger charge is 2.18. The van der Waals surface area contributed by atoms with Gasteiger partial charge in [0, 0.05) is 6.42 Å². The Morgan fingerprint density at radius 1 is 1.15 bits per heavy atom. The van der Waals surface area contributed by atoms with Gasteiger partial charge in [-0.3, -0.25) is 14.0 Å². The fraction of sp³-hybridized carbons (Fsp3) is 0.750. The molecule has 0 rings (SSSR count). The molecular weight excluding hydrogens is 185 g/mol. The molecule has 2 nitrogen and oxygen atoms in total. The van der Waals surface area contributed by atoms with E-state index in [4.69, 9.17) is 0 Å².